The Balaban J connectivity index is 2.14. The van der Waals surface area contributed by atoms with E-state index in [0.717, 1.165) is 23.9 Å². The van der Waals surface area contributed by atoms with Crippen molar-refractivity contribution in [1.29, 1.82) is 0 Å². The van der Waals surface area contributed by atoms with E-state index in [0.29, 0.717) is 0 Å². The second kappa shape index (κ2) is 8.27. The zero-order valence-corrected chi connectivity index (χ0v) is 10.8. The van der Waals surface area contributed by atoms with Crippen molar-refractivity contribution in [3.05, 3.63) is 35.9 Å². The van der Waals surface area contributed by atoms with E-state index in [-0.39, 0.29) is 0 Å². The molecule has 0 saturated heterocycles. The Hall–Kier alpha value is -0.910. The van der Waals surface area contributed by atoms with Crippen LogP contribution in [0.25, 0.3) is 0 Å². The fourth-order valence-corrected chi connectivity index (χ4v) is 1.60. The van der Waals surface area contributed by atoms with Gasteiger partial charge in [-0.25, -0.2) is 0 Å². The van der Waals surface area contributed by atoms with Crippen LogP contribution in [0.2, 0.25) is 0 Å². The van der Waals surface area contributed by atoms with Crippen molar-refractivity contribution in [3.8, 4) is 11.8 Å². The van der Waals surface area contributed by atoms with Crippen LogP contribution in [0, 0.1) is 11.8 Å². The highest BCUT2D eigenvalue weighted by molar-refractivity contribution is 7.99. The van der Waals surface area contributed by atoms with Crippen LogP contribution in [0.4, 0.5) is 0 Å². The van der Waals surface area contributed by atoms with Crippen LogP contribution in [0.1, 0.15) is 18.9 Å². The van der Waals surface area contributed by atoms with Gasteiger partial charge < -0.3 is 5.32 Å². The van der Waals surface area contributed by atoms with Crippen LogP contribution >= 0.6 is 11.8 Å². The molecule has 2 heteroatoms. The van der Waals surface area contributed by atoms with E-state index >= 15 is 0 Å². The maximum Gasteiger partial charge on any atom is 0.0580 e. The molecule has 0 aliphatic carbocycles. The minimum absolute atomic E-state index is 0.731. The molecule has 86 valence electrons. The molecule has 16 heavy (non-hydrogen) atoms. The molecule has 1 rings (SSSR count). The molecule has 1 aromatic rings. The lowest BCUT2D eigenvalue weighted by Crippen LogP contribution is -2.18. The second-order valence-electron chi connectivity index (χ2n) is 3.68. The predicted octanol–water partition coefficient (Wildman–Crippen LogP) is 2.77. The molecule has 1 atom stereocenters. The quantitative estimate of drug-likeness (QED) is 0.620. The van der Waals surface area contributed by atoms with Crippen molar-refractivity contribution in [2.24, 2.45) is 0 Å². The maximum absolute atomic E-state index is 3.33. The van der Waals surface area contributed by atoms with Gasteiger partial charge in [-0.05, 0) is 31.4 Å². The predicted molar refractivity (Wildman–Crippen MR) is 73.8 cm³/mol. The van der Waals surface area contributed by atoms with E-state index in [1.807, 2.05) is 42.1 Å². The molecule has 0 radical (unpaired) electrons. The molecular formula is C14H19NS. The van der Waals surface area contributed by atoms with Gasteiger partial charge in [0.25, 0.3) is 0 Å². The maximum atomic E-state index is 3.33. The summed E-state index contributed by atoms with van der Waals surface area (Å²) in [5.74, 6) is 6.25. The van der Waals surface area contributed by atoms with E-state index < -0.39 is 0 Å². The van der Waals surface area contributed by atoms with Crippen LogP contribution in [-0.2, 0) is 0 Å². The van der Waals surface area contributed by atoms with Gasteiger partial charge in [0.05, 0.1) is 6.54 Å². The lowest BCUT2D eigenvalue weighted by Gasteiger charge is -2.06. The minimum Gasteiger partial charge on any atom is -0.306 e. The lowest BCUT2D eigenvalue weighted by molar-refractivity contribution is 0.696. The summed E-state index contributed by atoms with van der Waals surface area (Å²) in [4.78, 5) is 0. The minimum atomic E-state index is 0.731. The zero-order valence-electron chi connectivity index (χ0n) is 9.99. The van der Waals surface area contributed by atoms with Gasteiger partial charge in [0.15, 0.2) is 0 Å². The zero-order chi connectivity index (χ0) is 11.6. The molecule has 0 aliphatic heterocycles. The molecule has 1 nitrogen and oxygen atoms in total. The van der Waals surface area contributed by atoms with Crippen molar-refractivity contribution in [1.82, 2.24) is 5.32 Å². The fraction of sp³-hybridized carbons (Fsp3) is 0.429. The molecule has 1 aromatic carbocycles. The Morgan fingerprint density at radius 3 is 2.75 bits per heavy atom. The van der Waals surface area contributed by atoms with Gasteiger partial charge >= 0.3 is 0 Å². The lowest BCUT2D eigenvalue weighted by atomic mass is 10.2. The van der Waals surface area contributed by atoms with E-state index in [4.69, 9.17) is 0 Å². The first kappa shape index (κ1) is 13.2. The van der Waals surface area contributed by atoms with Crippen LogP contribution in [0.3, 0.4) is 0 Å². The standard InChI is InChI=1S/C14H19NS/c1-13(16-2)10-12-15-11-6-9-14-7-4-3-5-8-14/h3-5,7-8,13,15H,10-12H2,1-2H3. The molecule has 0 heterocycles. The smallest absolute Gasteiger partial charge is 0.0580 e. The van der Waals surface area contributed by atoms with E-state index in [1.165, 1.54) is 6.42 Å². The van der Waals surface area contributed by atoms with Crippen molar-refractivity contribution >= 4 is 11.8 Å². The van der Waals surface area contributed by atoms with Gasteiger partial charge in [0.1, 0.15) is 0 Å². The number of nitrogens with one attached hydrogen (secondary N) is 1. The van der Waals surface area contributed by atoms with Crippen LogP contribution in [-0.4, -0.2) is 24.6 Å². The van der Waals surface area contributed by atoms with Gasteiger partial charge in [-0.15, -0.1) is 0 Å². The van der Waals surface area contributed by atoms with E-state index in [1.54, 1.807) is 0 Å². The Bertz CT molecular complexity index is 337. The number of benzene rings is 1. The molecule has 0 amide bonds. The molecular weight excluding hydrogens is 214 g/mol. The summed E-state index contributed by atoms with van der Waals surface area (Å²) in [6, 6.07) is 10.1. The summed E-state index contributed by atoms with van der Waals surface area (Å²) in [5.41, 5.74) is 1.08. The van der Waals surface area contributed by atoms with Crippen molar-refractivity contribution < 1.29 is 0 Å². The highest BCUT2D eigenvalue weighted by Gasteiger charge is 1.96. The number of hydrogen-bond donors (Lipinski definition) is 1. The summed E-state index contributed by atoms with van der Waals surface area (Å²) in [6.07, 6.45) is 3.36. The third-order valence-corrected chi connectivity index (χ3v) is 3.39. The Labute approximate surface area is 103 Å². The molecule has 0 aromatic heterocycles. The van der Waals surface area contributed by atoms with Gasteiger partial charge in [0, 0.05) is 10.8 Å². The first-order valence-electron chi connectivity index (χ1n) is 5.60. The average Bonchev–Trinajstić information content (AvgIpc) is 2.34. The molecule has 0 aliphatic rings. The summed E-state index contributed by atoms with van der Waals surface area (Å²) in [6.45, 7) is 4.07. The summed E-state index contributed by atoms with van der Waals surface area (Å²) in [5, 5.41) is 4.07. The van der Waals surface area contributed by atoms with Crippen molar-refractivity contribution in [2.45, 2.75) is 18.6 Å². The summed E-state index contributed by atoms with van der Waals surface area (Å²) in [7, 11) is 0. The first-order chi connectivity index (χ1) is 7.83. The Morgan fingerprint density at radius 1 is 1.31 bits per heavy atom. The molecule has 0 spiro atoms. The van der Waals surface area contributed by atoms with Crippen molar-refractivity contribution in [2.75, 3.05) is 19.3 Å². The average molecular weight is 233 g/mol. The fourth-order valence-electron chi connectivity index (χ4n) is 1.24. The number of hydrogen-bond acceptors (Lipinski definition) is 2. The molecule has 1 unspecified atom stereocenters. The van der Waals surface area contributed by atoms with Gasteiger partial charge in [-0.3, -0.25) is 0 Å². The van der Waals surface area contributed by atoms with Gasteiger partial charge in [-0.1, -0.05) is 37.0 Å². The second-order valence-corrected chi connectivity index (χ2v) is 4.96. The van der Waals surface area contributed by atoms with Crippen LogP contribution < -0.4 is 5.32 Å². The largest absolute Gasteiger partial charge is 0.306 e. The normalized spacial score (nSPS) is 11.6. The van der Waals surface area contributed by atoms with Gasteiger partial charge in [0.2, 0.25) is 0 Å². The summed E-state index contributed by atoms with van der Waals surface area (Å²) >= 11 is 1.91. The third-order valence-electron chi connectivity index (χ3n) is 2.35. The monoisotopic (exact) mass is 233 g/mol. The van der Waals surface area contributed by atoms with Gasteiger partial charge in [-0.2, -0.15) is 11.8 Å². The van der Waals surface area contributed by atoms with E-state index in [2.05, 4.69) is 30.3 Å². The SMILES string of the molecule is CSC(C)CCNCC#Cc1ccccc1. The van der Waals surface area contributed by atoms with Crippen LogP contribution in [0.5, 0.6) is 0 Å². The molecule has 0 fully saturated rings. The van der Waals surface area contributed by atoms with Crippen LogP contribution in [0.15, 0.2) is 30.3 Å². The number of thioether (sulfide) groups is 1. The molecule has 0 bridgehead atoms. The van der Waals surface area contributed by atoms with Crippen molar-refractivity contribution in [3.63, 3.8) is 0 Å². The Morgan fingerprint density at radius 2 is 2.06 bits per heavy atom. The first-order valence-corrected chi connectivity index (χ1v) is 6.89. The highest BCUT2D eigenvalue weighted by Crippen LogP contribution is 2.07. The number of rotatable bonds is 5. The molecule has 1 N–H and O–H groups in total. The summed E-state index contributed by atoms with van der Waals surface area (Å²) < 4.78 is 0. The Kier molecular flexibility index (Phi) is 6.80. The van der Waals surface area contributed by atoms with E-state index in [9.17, 15) is 0 Å². The topological polar surface area (TPSA) is 12.0 Å². The molecule has 0 saturated carbocycles. The highest BCUT2D eigenvalue weighted by atomic mass is 32.2. The third kappa shape index (κ3) is 5.85.